The Bertz CT molecular complexity index is 707. The number of nitrogens with one attached hydrogen (secondary N) is 2. The Morgan fingerprint density at radius 2 is 2.08 bits per heavy atom. The third kappa shape index (κ3) is 3.64. The molecule has 1 atom stereocenters. The number of hydrogen-bond acceptors (Lipinski definition) is 4. The van der Waals surface area contributed by atoms with Crippen LogP contribution < -0.4 is 14.9 Å². The highest BCUT2D eigenvalue weighted by Gasteiger charge is 2.33. The van der Waals surface area contributed by atoms with Crippen molar-refractivity contribution in [2.45, 2.75) is 18.9 Å². The predicted octanol–water partition coefficient (Wildman–Crippen LogP) is 0.382. The van der Waals surface area contributed by atoms with E-state index in [0.717, 1.165) is 19.4 Å². The summed E-state index contributed by atoms with van der Waals surface area (Å²) in [6.07, 6.45) is 1.86. The number of carbonyl (C=O) groups is 1. The molecule has 1 unspecified atom stereocenters. The highest BCUT2D eigenvalue weighted by molar-refractivity contribution is 7.89. The second-order valence-corrected chi connectivity index (χ2v) is 8.28. The molecule has 0 radical (unpaired) electrons. The average molecular weight is 352 g/mol. The second kappa shape index (κ2) is 6.98. The quantitative estimate of drug-likeness (QED) is 0.821. The molecule has 1 aromatic rings. The Hall–Kier alpha value is -1.80. The maximum absolute atomic E-state index is 12.4. The molecule has 2 N–H and O–H groups in total. The van der Waals surface area contributed by atoms with Crippen molar-refractivity contribution in [3.05, 3.63) is 29.8 Å². The van der Waals surface area contributed by atoms with E-state index in [1.165, 1.54) is 18.3 Å². The van der Waals surface area contributed by atoms with Crippen LogP contribution in [0.25, 0.3) is 0 Å². The first-order chi connectivity index (χ1) is 11.5. The fourth-order valence-electron chi connectivity index (χ4n) is 3.46. The van der Waals surface area contributed by atoms with Crippen molar-refractivity contribution >= 4 is 21.7 Å². The van der Waals surface area contributed by atoms with E-state index in [1.807, 2.05) is 4.90 Å². The van der Waals surface area contributed by atoms with E-state index >= 15 is 0 Å². The first-order valence-corrected chi connectivity index (χ1v) is 9.94. The molecule has 1 fully saturated rings. The number of benzene rings is 1. The minimum atomic E-state index is -3.30. The summed E-state index contributed by atoms with van der Waals surface area (Å²) in [6, 6.07) is 8.53. The van der Waals surface area contributed by atoms with E-state index in [1.54, 1.807) is 0 Å². The number of fused-ring (bicyclic) bond motifs is 3. The molecule has 0 bridgehead atoms. The molecule has 132 valence electrons. The zero-order chi connectivity index (χ0) is 17.2. The van der Waals surface area contributed by atoms with Gasteiger partial charge in [0.15, 0.2) is 0 Å². The van der Waals surface area contributed by atoms with Crippen LogP contribution >= 0.6 is 0 Å². The van der Waals surface area contributed by atoms with Crippen molar-refractivity contribution in [2.75, 3.05) is 43.9 Å². The molecule has 2 aliphatic heterocycles. The molecule has 0 spiro atoms. The van der Waals surface area contributed by atoms with Crippen LogP contribution in [0, 0.1) is 0 Å². The number of amides is 2. The van der Waals surface area contributed by atoms with Crippen LogP contribution in [0.2, 0.25) is 0 Å². The van der Waals surface area contributed by atoms with Gasteiger partial charge in [0.05, 0.1) is 11.8 Å². The third-order valence-electron chi connectivity index (χ3n) is 4.70. The van der Waals surface area contributed by atoms with E-state index in [4.69, 9.17) is 0 Å². The Labute approximate surface area is 143 Å². The summed E-state index contributed by atoms with van der Waals surface area (Å²) in [7, 11) is -1.92. The zero-order valence-electron chi connectivity index (χ0n) is 13.9. The molecule has 2 aliphatic rings. The van der Waals surface area contributed by atoms with Crippen molar-refractivity contribution in [1.82, 2.24) is 14.9 Å². The van der Waals surface area contributed by atoms with Gasteiger partial charge < -0.3 is 15.1 Å². The Morgan fingerprint density at radius 1 is 1.29 bits per heavy atom. The summed E-state index contributed by atoms with van der Waals surface area (Å²) in [6.45, 7) is 2.42. The number of nitrogens with zero attached hydrogens (tertiary/aromatic N) is 2. The van der Waals surface area contributed by atoms with Gasteiger partial charge in [-0.2, -0.15) is 0 Å². The monoisotopic (exact) mass is 352 g/mol. The van der Waals surface area contributed by atoms with Crippen LogP contribution in [0.1, 0.15) is 12.0 Å². The lowest BCUT2D eigenvalue weighted by molar-refractivity contribution is 0.198. The van der Waals surface area contributed by atoms with Crippen molar-refractivity contribution in [2.24, 2.45) is 0 Å². The van der Waals surface area contributed by atoms with E-state index < -0.39 is 10.0 Å². The molecule has 3 rings (SSSR count). The zero-order valence-corrected chi connectivity index (χ0v) is 14.7. The van der Waals surface area contributed by atoms with Gasteiger partial charge in [-0.05, 0) is 31.5 Å². The number of urea groups is 1. The number of anilines is 1. The third-order valence-corrected chi connectivity index (χ3v) is 6.06. The minimum Gasteiger partial charge on any atom is -0.366 e. The van der Waals surface area contributed by atoms with E-state index in [-0.39, 0.29) is 18.3 Å². The van der Waals surface area contributed by atoms with Gasteiger partial charge >= 0.3 is 6.03 Å². The first kappa shape index (κ1) is 17.0. The molecule has 2 heterocycles. The van der Waals surface area contributed by atoms with Crippen LogP contribution in [-0.4, -0.2) is 64.4 Å². The number of carbonyl (C=O) groups excluding carboxylic acids is 1. The average Bonchev–Trinajstić information content (AvgIpc) is 2.77. The molecular formula is C16H24N4O3S. The Balaban J connectivity index is 1.58. The summed E-state index contributed by atoms with van der Waals surface area (Å²) in [5, 5.41) is 2.72. The first-order valence-electron chi connectivity index (χ1n) is 8.29. The van der Waals surface area contributed by atoms with Crippen molar-refractivity contribution < 1.29 is 13.2 Å². The standard InChI is InChI=1S/C16H24N4O3S/c1-17-24(22,23)10-7-18-16(21)19-8-4-9-20-14(12-19)11-13-5-2-3-6-15(13)20/h2-3,5-6,14,17H,4,7-12H2,1H3,(H,18,21). The van der Waals surface area contributed by atoms with Crippen LogP contribution in [-0.2, 0) is 16.4 Å². The van der Waals surface area contributed by atoms with E-state index in [9.17, 15) is 13.2 Å². The Kier molecular flexibility index (Phi) is 4.96. The molecule has 1 saturated heterocycles. The van der Waals surface area contributed by atoms with Crippen LogP contribution in [0.15, 0.2) is 24.3 Å². The van der Waals surface area contributed by atoms with Gasteiger partial charge in [-0.25, -0.2) is 17.9 Å². The summed E-state index contributed by atoms with van der Waals surface area (Å²) in [4.78, 5) is 16.6. The van der Waals surface area contributed by atoms with Crippen molar-refractivity contribution in [3.8, 4) is 0 Å². The van der Waals surface area contributed by atoms with E-state index in [2.05, 4.69) is 39.2 Å². The van der Waals surface area contributed by atoms with Gasteiger partial charge in [0.25, 0.3) is 0 Å². The molecule has 0 saturated carbocycles. The highest BCUT2D eigenvalue weighted by Crippen LogP contribution is 2.33. The minimum absolute atomic E-state index is 0.107. The molecule has 0 aromatic heterocycles. The lowest BCUT2D eigenvalue weighted by atomic mass is 10.1. The number of para-hydroxylation sites is 1. The largest absolute Gasteiger partial charge is 0.366 e. The topological polar surface area (TPSA) is 81.8 Å². The summed E-state index contributed by atoms with van der Waals surface area (Å²) in [5.74, 6) is -0.107. The maximum atomic E-state index is 12.4. The molecule has 0 aliphatic carbocycles. The molecule has 8 heteroatoms. The molecule has 7 nitrogen and oxygen atoms in total. The SMILES string of the molecule is CNS(=O)(=O)CCNC(=O)N1CCCN2c3ccccc3CC2C1. The normalized spacial score (nSPS) is 20.3. The Morgan fingerprint density at radius 3 is 2.88 bits per heavy atom. The van der Waals surface area contributed by atoms with Gasteiger partial charge in [0.1, 0.15) is 0 Å². The predicted molar refractivity (Wildman–Crippen MR) is 93.7 cm³/mol. The molecule has 24 heavy (non-hydrogen) atoms. The molecule has 2 amide bonds. The number of hydrogen-bond donors (Lipinski definition) is 2. The molecule has 1 aromatic carbocycles. The molecular weight excluding hydrogens is 328 g/mol. The summed E-state index contributed by atoms with van der Waals surface area (Å²) >= 11 is 0. The highest BCUT2D eigenvalue weighted by atomic mass is 32.2. The van der Waals surface area contributed by atoms with Crippen LogP contribution in [0.5, 0.6) is 0 Å². The van der Waals surface area contributed by atoms with Crippen molar-refractivity contribution in [3.63, 3.8) is 0 Å². The number of sulfonamides is 1. The van der Waals surface area contributed by atoms with Gasteiger partial charge in [-0.3, -0.25) is 0 Å². The summed E-state index contributed by atoms with van der Waals surface area (Å²) < 4.78 is 25.1. The fourth-order valence-corrected chi connectivity index (χ4v) is 4.03. The fraction of sp³-hybridized carbons (Fsp3) is 0.562. The van der Waals surface area contributed by atoms with Gasteiger partial charge in [-0.1, -0.05) is 18.2 Å². The lowest BCUT2D eigenvalue weighted by Crippen LogP contribution is -2.46. The van der Waals surface area contributed by atoms with Gasteiger partial charge in [0.2, 0.25) is 10.0 Å². The second-order valence-electron chi connectivity index (χ2n) is 6.23. The summed E-state index contributed by atoms with van der Waals surface area (Å²) in [5.41, 5.74) is 2.62. The number of rotatable bonds is 4. The van der Waals surface area contributed by atoms with E-state index in [0.29, 0.717) is 19.1 Å². The van der Waals surface area contributed by atoms with Gasteiger partial charge in [0, 0.05) is 31.9 Å². The maximum Gasteiger partial charge on any atom is 0.317 e. The van der Waals surface area contributed by atoms with Crippen LogP contribution in [0.3, 0.4) is 0 Å². The lowest BCUT2D eigenvalue weighted by Gasteiger charge is -2.27. The van der Waals surface area contributed by atoms with Gasteiger partial charge in [-0.15, -0.1) is 0 Å². The van der Waals surface area contributed by atoms with Crippen molar-refractivity contribution in [1.29, 1.82) is 0 Å². The smallest absolute Gasteiger partial charge is 0.317 e. The van der Waals surface area contributed by atoms with Crippen LogP contribution in [0.4, 0.5) is 10.5 Å².